The summed E-state index contributed by atoms with van der Waals surface area (Å²) in [4.78, 5) is 12.8. The zero-order chi connectivity index (χ0) is 16.4. The summed E-state index contributed by atoms with van der Waals surface area (Å²) in [7, 11) is 0. The molecule has 0 atom stereocenters. The van der Waals surface area contributed by atoms with Crippen molar-refractivity contribution in [3.8, 4) is 11.3 Å². The fourth-order valence-corrected chi connectivity index (χ4v) is 2.76. The Labute approximate surface area is 141 Å². The summed E-state index contributed by atoms with van der Waals surface area (Å²) in [5, 5.41) is 7.31. The van der Waals surface area contributed by atoms with E-state index in [1.807, 2.05) is 13.0 Å². The summed E-state index contributed by atoms with van der Waals surface area (Å²) in [6.07, 6.45) is 0. The number of nitrogens with one attached hydrogen (secondary N) is 1. The van der Waals surface area contributed by atoms with Crippen LogP contribution in [0.5, 0.6) is 0 Å². The minimum absolute atomic E-state index is 0.334. The Morgan fingerprint density at radius 3 is 2.65 bits per heavy atom. The third-order valence-electron chi connectivity index (χ3n) is 3.24. The third kappa shape index (κ3) is 3.38. The summed E-state index contributed by atoms with van der Waals surface area (Å²) in [5.74, 6) is -0.684. The molecule has 0 radical (unpaired) electrons. The van der Waals surface area contributed by atoms with Gasteiger partial charge in [0.25, 0.3) is 5.91 Å². The van der Waals surface area contributed by atoms with Crippen molar-refractivity contribution in [1.29, 1.82) is 0 Å². The second-order valence-electron chi connectivity index (χ2n) is 4.88. The molecule has 116 valence electrons. The Balaban J connectivity index is 1.87. The van der Waals surface area contributed by atoms with Crippen LogP contribution in [0.15, 0.2) is 42.5 Å². The molecule has 0 saturated carbocycles. The third-order valence-corrected chi connectivity index (χ3v) is 4.37. The first-order chi connectivity index (χ1) is 11.0. The van der Waals surface area contributed by atoms with Gasteiger partial charge < -0.3 is 5.32 Å². The number of carbonyl (C=O) groups excluding carboxylic acids is 1. The minimum Gasteiger partial charge on any atom is -0.321 e. The van der Waals surface area contributed by atoms with Crippen molar-refractivity contribution in [2.75, 3.05) is 5.32 Å². The van der Waals surface area contributed by atoms with Crippen molar-refractivity contribution in [1.82, 2.24) is 9.59 Å². The number of rotatable bonds is 3. The first kappa shape index (κ1) is 15.6. The molecular weight excluding hydrogens is 337 g/mol. The van der Waals surface area contributed by atoms with Gasteiger partial charge in [0.15, 0.2) is 0 Å². The Morgan fingerprint density at radius 1 is 1.22 bits per heavy atom. The molecule has 7 heteroatoms. The Hall–Kier alpha value is -2.31. The molecule has 0 aliphatic rings. The SMILES string of the molecule is Cc1ccc(NC(=O)c2snnc2-c2ccc(F)cc2)cc1Cl. The van der Waals surface area contributed by atoms with Gasteiger partial charge in [-0.25, -0.2) is 4.39 Å². The number of halogens is 2. The maximum atomic E-state index is 13.0. The van der Waals surface area contributed by atoms with Crippen LogP contribution < -0.4 is 5.32 Å². The van der Waals surface area contributed by atoms with Crippen molar-refractivity contribution in [2.45, 2.75) is 6.92 Å². The zero-order valence-electron chi connectivity index (χ0n) is 12.0. The normalized spacial score (nSPS) is 10.6. The second kappa shape index (κ2) is 6.44. The van der Waals surface area contributed by atoms with Crippen LogP contribution >= 0.6 is 23.1 Å². The minimum atomic E-state index is -0.350. The van der Waals surface area contributed by atoms with E-state index in [4.69, 9.17) is 11.6 Å². The molecule has 1 heterocycles. The molecule has 0 bridgehead atoms. The molecular formula is C16H11ClFN3OS. The molecule has 3 rings (SSSR count). The van der Waals surface area contributed by atoms with Gasteiger partial charge in [-0.15, -0.1) is 5.10 Å². The van der Waals surface area contributed by atoms with Crippen LogP contribution in [0, 0.1) is 12.7 Å². The topological polar surface area (TPSA) is 54.9 Å². The van der Waals surface area contributed by atoms with Gasteiger partial charge in [-0.1, -0.05) is 22.2 Å². The highest BCUT2D eigenvalue weighted by Gasteiger charge is 2.18. The van der Waals surface area contributed by atoms with Crippen LogP contribution in [-0.4, -0.2) is 15.5 Å². The van der Waals surface area contributed by atoms with Gasteiger partial charge in [0.05, 0.1) is 0 Å². The summed E-state index contributed by atoms with van der Waals surface area (Å²) < 4.78 is 16.8. The van der Waals surface area contributed by atoms with Crippen molar-refractivity contribution in [3.63, 3.8) is 0 Å². The number of anilines is 1. The summed E-state index contributed by atoms with van der Waals surface area (Å²) in [5.41, 5.74) is 2.57. The van der Waals surface area contributed by atoms with E-state index in [0.717, 1.165) is 17.1 Å². The van der Waals surface area contributed by atoms with Crippen LogP contribution in [0.25, 0.3) is 11.3 Å². The fraction of sp³-hybridized carbons (Fsp3) is 0.0625. The van der Waals surface area contributed by atoms with E-state index in [0.29, 0.717) is 26.8 Å². The highest BCUT2D eigenvalue weighted by Crippen LogP contribution is 2.26. The average Bonchev–Trinajstić information content (AvgIpc) is 3.01. The van der Waals surface area contributed by atoms with Crippen molar-refractivity contribution < 1.29 is 9.18 Å². The van der Waals surface area contributed by atoms with E-state index >= 15 is 0 Å². The smallest absolute Gasteiger partial charge is 0.269 e. The molecule has 1 aromatic heterocycles. The Morgan fingerprint density at radius 2 is 1.96 bits per heavy atom. The van der Waals surface area contributed by atoms with E-state index < -0.39 is 0 Å². The lowest BCUT2D eigenvalue weighted by molar-refractivity contribution is 0.103. The summed E-state index contributed by atoms with van der Waals surface area (Å²) in [6.45, 7) is 1.88. The largest absolute Gasteiger partial charge is 0.321 e. The lowest BCUT2D eigenvalue weighted by atomic mass is 10.1. The van der Waals surface area contributed by atoms with Crippen molar-refractivity contribution in [2.24, 2.45) is 0 Å². The molecule has 0 aliphatic heterocycles. The number of hydrogen-bond donors (Lipinski definition) is 1. The van der Waals surface area contributed by atoms with Gasteiger partial charge in [-0.05, 0) is 60.4 Å². The number of benzene rings is 2. The van der Waals surface area contributed by atoms with E-state index in [-0.39, 0.29) is 11.7 Å². The van der Waals surface area contributed by atoms with Gasteiger partial charge in [0, 0.05) is 16.3 Å². The van der Waals surface area contributed by atoms with E-state index in [9.17, 15) is 9.18 Å². The lowest BCUT2D eigenvalue weighted by Gasteiger charge is -2.06. The van der Waals surface area contributed by atoms with Crippen LogP contribution in [0.4, 0.5) is 10.1 Å². The second-order valence-corrected chi connectivity index (χ2v) is 6.04. The molecule has 23 heavy (non-hydrogen) atoms. The maximum Gasteiger partial charge on any atom is 0.269 e. The number of aromatic nitrogens is 2. The highest BCUT2D eigenvalue weighted by molar-refractivity contribution is 7.08. The van der Waals surface area contributed by atoms with Crippen LogP contribution in [0.2, 0.25) is 5.02 Å². The lowest BCUT2D eigenvalue weighted by Crippen LogP contribution is -2.11. The van der Waals surface area contributed by atoms with Crippen LogP contribution in [0.1, 0.15) is 15.2 Å². The zero-order valence-corrected chi connectivity index (χ0v) is 13.6. The van der Waals surface area contributed by atoms with Crippen molar-refractivity contribution >= 4 is 34.7 Å². The molecule has 0 aliphatic carbocycles. The van der Waals surface area contributed by atoms with Gasteiger partial charge in [-0.2, -0.15) is 0 Å². The standard InChI is InChI=1S/C16H11ClFN3OS/c1-9-2-7-12(8-13(9)17)19-16(22)15-14(20-21-23-15)10-3-5-11(18)6-4-10/h2-8H,1H3,(H,19,22). The number of amides is 1. The van der Waals surface area contributed by atoms with E-state index in [2.05, 4.69) is 14.9 Å². The van der Waals surface area contributed by atoms with Gasteiger partial charge in [0.2, 0.25) is 0 Å². The first-order valence-electron chi connectivity index (χ1n) is 6.70. The molecule has 1 N–H and O–H groups in total. The highest BCUT2D eigenvalue weighted by atomic mass is 35.5. The molecule has 2 aromatic carbocycles. The van der Waals surface area contributed by atoms with Gasteiger partial charge in [-0.3, -0.25) is 4.79 Å². The molecule has 0 saturated heterocycles. The maximum absolute atomic E-state index is 13.0. The van der Waals surface area contributed by atoms with E-state index in [1.165, 1.54) is 12.1 Å². The molecule has 3 aromatic rings. The first-order valence-corrected chi connectivity index (χ1v) is 7.85. The van der Waals surface area contributed by atoms with Crippen molar-refractivity contribution in [3.05, 3.63) is 63.7 Å². The number of nitrogens with zero attached hydrogens (tertiary/aromatic N) is 2. The Kier molecular flexibility index (Phi) is 4.36. The Bertz CT molecular complexity index is 864. The molecule has 0 unspecified atom stereocenters. The van der Waals surface area contributed by atoms with E-state index in [1.54, 1.807) is 24.3 Å². The van der Waals surface area contributed by atoms with Gasteiger partial charge >= 0.3 is 0 Å². The predicted molar refractivity (Wildman–Crippen MR) is 89.4 cm³/mol. The fourth-order valence-electron chi connectivity index (χ4n) is 1.99. The quantitative estimate of drug-likeness (QED) is 0.755. The van der Waals surface area contributed by atoms with Crippen LogP contribution in [0.3, 0.4) is 0 Å². The monoisotopic (exact) mass is 347 g/mol. The molecule has 0 spiro atoms. The number of aryl methyl sites for hydroxylation is 1. The molecule has 1 amide bonds. The summed E-state index contributed by atoms with van der Waals surface area (Å²) >= 11 is 7.04. The average molecular weight is 348 g/mol. The van der Waals surface area contributed by atoms with Gasteiger partial charge in [0.1, 0.15) is 16.4 Å². The van der Waals surface area contributed by atoms with Crippen LogP contribution in [-0.2, 0) is 0 Å². The predicted octanol–water partition coefficient (Wildman–Crippen LogP) is 4.56. The molecule has 0 fully saturated rings. The summed E-state index contributed by atoms with van der Waals surface area (Å²) in [6, 6.07) is 11.0. The number of hydrogen-bond acceptors (Lipinski definition) is 4. The number of carbonyl (C=O) groups is 1. The molecule has 4 nitrogen and oxygen atoms in total.